The molecule has 0 bridgehead atoms. The fourth-order valence-corrected chi connectivity index (χ4v) is 5.62. The van der Waals surface area contributed by atoms with Gasteiger partial charge in [-0.15, -0.1) is 11.3 Å². The molecule has 3 rings (SSSR count). The molecule has 31 heavy (non-hydrogen) atoms. The smallest absolute Gasteiger partial charge is 0.407 e. The van der Waals surface area contributed by atoms with Crippen LogP contribution in [0.1, 0.15) is 31.2 Å². The van der Waals surface area contributed by atoms with E-state index < -0.39 is 16.1 Å². The average molecular weight is 466 g/mol. The number of ether oxygens (including phenoxy) is 1. The summed E-state index contributed by atoms with van der Waals surface area (Å²) in [7, 11) is -3.49. The fraction of sp³-hybridized carbons (Fsp3) is 0.429. The molecule has 0 saturated carbocycles. The Morgan fingerprint density at radius 3 is 2.52 bits per heavy atom. The molecule has 1 aromatic heterocycles. The minimum atomic E-state index is -3.49. The molecule has 0 aliphatic carbocycles. The van der Waals surface area contributed by atoms with Gasteiger partial charge in [0.25, 0.3) is 0 Å². The van der Waals surface area contributed by atoms with Gasteiger partial charge in [0.1, 0.15) is 10.8 Å². The number of likely N-dealkylation sites (tertiary alicyclic amines) is 1. The lowest BCUT2D eigenvalue weighted by molar-refractivity contribution is -0.132. The van der Waals surface area contributed by atoms with Gasteiger partial charge in [-0.05, 0) is 36.3 Å². The number of sulfonamides is 1. The summed E-state index contributed by atoms with van der Waals surface area (Å²) in [4.78, 5) is 25.8. The topological polar surface area (TPSA) is 105 Å². The highest BCUT2D eigenvalue weighted by molar-refractivity contribution is 7.91. The van der Waals surface area contributed by atoms with Gasteiger partial charge in [-0.3, -0.25) is 4.79 Å². The number of thiophene rings is 1. The minimum absolute atomic E-state index is 0.0130. The van der Waals surface area contributed by atoms with Crippen LogP contribution in [0, 0.1) is 0 Å². The standard InChI is InChI=1S/C21H27N3O5S2/c25-19(8-4-12-22-21(26)29-16-17-6-2-1-3-7-17)24-13-10-18(11-14-24)23-31(27,28)20-9-5-15-30-20/h1-3,5-7,9,15,18,23H,4,8,10-14,16H2,(H,22,26). The molecule has 0 radical (unpaired) electrons. The second kappa shape index (κ2) is 11.3. The van der Waals surface area contributed by atoms with Gasteiger partial charge in [0.15, 0.2) is 0 Å². The molecule has 8 nitrogen and oxygen atoms in total. The summed E-state index contributed by atoms with van der Waals surface area (Å²) in [6.07, 6.45) is 1.50. The van der Waals surface area contributed by atoms with Gasteiger partial charge < -0.3 is 15.0 Å². The summed E-state index contributed by atoms with van der Waals surface area (Å²) in [6, 6.07) is 12.5. The maximum atomic E-state index is 12.4. The zero-order valence-corrected chi connectivity index (χ0v) is 18.8. The Morgan fingerprint density at radius 1 is 1.10 bits per heavy atom. The molecule has 2 amide bonds. The predicted octanol–water partition coefficient (Wildman–Crippen LogP) is 2.72. The van der Waals surface area contributed by atoms with Crippen LogP contribution in [0.5, 0.6) is 0 Å². The zero-order valence-electron chi connectivity index (χ0n) is 17.2. The van der Waals surface area contributed by atoms with Gasteiger partial charge in [-0.1, -0.05) is 36.4 Å². The van der Waals surface area contributed by atoms with E-state index in [0.29, 0.717) is 49.5 Å². The van der Waals surface area contributed by atoms with Crippen molar-refractivity contribution in [3.05, 3.63) is 53.4 Å². The first-order valence-corrected chi connectivity index (χ1v) is 12.6. The largest absolute Gasteiger partial charge is 0.445 e. The lowest BCUT2D eigenvalue weighted by Gasteiger charge is -2.32. The third-order valence-corrected chi connectivity index (χ3v) is 7.90. The molecule has 1 aliphatic rings. The summed E-state index contributed by atoms with van der Waals surface area (Å²) >= 11 is 1.19. The molecule has 2 N–H and O–H groups in total. The van der Waals surface area contributed by atoms with E-state index in [2.05, 4.69) is 10.0 Å². The Labute approximate surface area is 186 Å². The number of nitrogens with zero attached hydrogens (tertiary/aromatic N) is 1. The molecular weight excluding hydrogens is 438 g/mol. The van der Waals surface area contributed by atoms with Crippen molar-refractivity contribution in [3.8, 4) is 0 Å². The molecule has 0 atom stereocenters. The van der Waals surface area contributed by atoms with Crippen molar-refractivity contribution in [2.45, 2.75) is 42.5 Å². The number of carbonyl (C=O) groups is 2. The van der Waals surface area contributed by atoms with Crippen molar-refractivity contribution >= 4 is 33.4 Å². The molecule has 1 saturated heterocycles. The lowest BCUT2D eigenvalue weighted by Crippen LogP contribution is -2.46. The SMILES string of the molecule is O=C(NCCCC(=O)N1CCC(NS(=O)(=O)c2cccs2)CC1)OCc1ccccc1. The Morgan fingerprint density at radius 2 is 1.84 bits per heavy atom. The maximum absolute atomic E-state index is 12.4. The summed E-state index contributed by atoms with van der Waals surface area (Å²) in [5, 5.41) is 4.38. The highest BCUT2D eigenvalue weighted by Gasteiger charge is 2.26. The number of benzene rings is 1. The van der Waals surface area contributed by atoms with E-state index >= 15 is 0 Å². The number of carbonyl (C=O) groups excluding carboxylic acids is 2. The second-order valence-electron chi connectivity index (χ2n) is 7.30. The van der Waals surface area contributed by atoms with Crippen LogP contribution in [0.25, 0.3) is 0 Å². The number of rotatable bonds is 9. The van der Waals surface area contributed by atoms with Crippen molar-refractivity contribution in [3.63, 3.8) is 0 Å². The van der Waals surface area contributed by atoms with Crippen molar-refractivity contribution in [1.29, 1.82) is 0 Å². The van der Waals surface area contributed by atoms with Gasteiger partial charge in [0.2, 0.25) is 15.9 Å². The Balaban J connectivity index is 1.29. The number of hydrogen-bond acceptors (Lipinski definition) is 6. The monoisotopic (exact) mass is 465 g/mol. The van der Waals surface area contributed by atoms with E-state index in [1.165, 1.54) is 11.3 Å². The van der Waals surface area contributed by atoms with Crippen LogP contribution in [0.2, 0.25) is 0 Å². The van der Waals surface area contributed by atoms with E-state index in [4.69, 9.17) is 4.74 Å². The summed E-state index contributed by atoms with van der Waals surface area (Å²) in [5.41, 5.74) is 0.911. The molecule has 10 heteroatoms. The van der Waals surface area contributed by atoms with E-state index in [0.717, 1.165) is 5.56 Å². The van der Waals surface area contributed by atoms with Crippen LogP contribution < -0.4 is 10.0 Å². The highest BCUT2D eigenvalue weighted by Crippen LogP contribution is 2.19. The number of nitrogens with one attached hydrogen (secondary N) is 2. The Kier molecular flexibility index (Phi) is 8.44. The van der Waals surface area contributed by atoms with Crippen molar-refractivity contribution in [2.24, 2.45) is 0 Å². The normalized spacial score (nSPS) is 14.9. The first kappa shape index (κ1) is 23.2. The van der Waals surface area contributed by atoms with E-state index in [1.807, 2.05) is 30.3 Å². The average Bonchev–Trinajstić information content (AvgIpc) is 3.32. The molecule has 168 valence electrons. The number of hydrogen-bond donors (Lipinski definition) is 2. The van der Waals surface area contributed by atoms with Crippen LogP contribution >= 0.6 is 11.3 Å². The minimum Gasteiger partial charge on any atom is -0.445 e. The molecule has 1 aromatic carbocycles. The third-order valence-electron chi connectivity index (χ3n) is 4.98. The first-order valence-electron chi connectivity index (χ1n) is 10.2. The van der Waals surface area contributed by atoms with Gasteiger partial charge in [-0.2, -0.15) is 0 Å². The lowest BCUT2D eigenvalue weighted by atomic mass is 10.1. The van der Waals surface area contributed by atoms with E-state index in [9.17, 15) is 18.0 Å². The molecule has 0 unspecified atom stereocenters. The quantitative estimate of drug-likeness (QED) is 0.554. The molecule has 2 heterocycles. The predicted molar refractivity (Wildman–Crippen MR) is 118 cm³/mol. The van der Waals surface area contributed by atoms with Crippen molar-refractivity contribution in [2.75, 3.05) is 19.6 Å². The summed E-state index contributed by atoms with van der Waals surface area (Å²) < 4.78 is 32.8. The molecule has 1 fully saturated rings. The number of amides is 2. The van der Waals surface area contributed by atoms with Crippen LogP contribution in [-0.2, 0) is 26.2 Å². The van der Waals surface area contributed by atoms with Crippen molar-refractivity contribution in [1.82, 2.24) is 14.9 Å². The summed E-state index contributed by atoms with van der Waals surface area (Å²) in [5.74, 6) is 0.0130. The fourth-order valence-electron chi connectivity index (χ4n) is 3.30. The molecule has 1 aliphatic heterocycles. The van der Waals surface area contributed by atoms with Crippen LogP contribution in [0.3, 0.4) is 0 Å². The van der Waals surface area contributed by atoms with Crippen LogP contribution in [-0.4, -0.2) is 51.0 Å². The third kappa shape index (κ3) is 7.34. The van der Waals surface area contributed by atoms with Gasteiger partial charge in [-0.25, -0.2) is 17.9 Å². The van der Waals surface area contributed by atoms with Crippen LogP contribution in [0.4, 0.5) is 4.79 Å². The van der Waals surface area contributed by atoms with Gasteiger partial charge in [0.05, 0.1) is 0 Å². The van der Waals surface area contributed by atoms with Crippen LogP contribution in [0.15, 0.2) is 52.1 Å². The second-order valence-corrected chi connectivity index (χ2v) is 10.2. The van der Waals surface area contributed by atoms with Crippen molar-refractivity contribution < 1.29 is 22.7 Å². The summed E-state index contributed by atoms with van der Waals surface area (Å²) in [6.45, 7) is 1.60. The highest BCUT2D eigenvalue weighted by atomic mass is 32.2. The Bertz CT molecular complexity index is 941. The Hall–Kier alpha value is -2.43. The zero-order chi connectivity index (χ0) is 22.1. The first-order chi connectivity index (χ1) is 14.9. The van der Waals surface area contributed by atoms with E-state index in [-0.39, 0.29) is 18.6 Å². The van der Waals surface area contributed by atoms with E-state index in [1.54, 1.807) is 22.4 Å². The van der Waals surface area contributed by atoms with Gasteiger partial charge >= 0.3 is 6.09 Å². The van der Waals surface area contributed by atoms with Gasteiger partial charge in [0, 0.05) is 32.1 Å². The molecule has 2 aromatic rings. The maximum Gasteiger partial charge on any atom is 0.407 e. The number of piperidine rings is 1. The molecule has 0 spiro atoms. The molecular formula is C21H27N3O5S2. The number of alkyl carbamates (subject to hydrolysis) is 1.